The van der Waals surface area contributed by atoms with Gasteiger partial charge >= 0.3 is 0 Å². The van der Waals surface area contributed by atoms with Gasteiger partial charge in [0.1, 0.15) is 11.7 Å². The lowest BCUT2D eigenvalue weighted by Crippen LogP contribution is -2.33. The summed E-state index contributed by atoms with van der Waals surface area (Å²) in [7, 11) is 0. The van der Waals surface area contributed by atoms with Crippen LogP contribution < -0.4 is 5.32 Å². The molecule has 2 nitrogen and oxygen atoms in total. The second kappa shape index (κ2) is 6.19. The topological polar surface area (TPSA) is 29.1 Å². The van der Waals surface area contributed by atoms with Crippen LogP contribution in [-0.4, -0.2) is 11.8 Å². The number of benzene rings is 1. The van der Waals surface area contributed by atoms with Crippen LogP contribution in [0, 0.1) is 11.7 Å². The van der Waals surface area contributed by atoms with E-state index in [1.54, 1.807) is 12.1 Å². The maximum absolute atomic E-state index is 12.9. The van der Waals surface area contributed by atoms with Crippen molar-refractivity contribution in [3.8, 4) is 0 Å². The lowest BCUT2D eigenvalue weighted by atomic mass is 9.91. The second-order valence-corrected chi connectivity index (χ2v) is 5.04. The molecule has 0 aliphatic heterocycles. The van der Waals surface area contributed by atoms with Gasteiger partial charge in [-0.25, -0.2) is 4.39 Å². The van der Waals surface area contributed by atoms with Gasteiger partial charge in [0.05, 0.1) is 6.04 Å². The quantitative estimate of drug-likeness (QED) is 0.834. The fourth-order valence-corrected chi connectivity index (χ4v) is 2.72. The molecule has 0 radical (unpaired) electrons. The Bertz CT molecular complexity index is 401. The zero-order valence-corrected chi connectivity index (χ0v) is 10.9. The fourth-order valence-electron chi connectivity index (χ4n) is 2.65. The minimum atomic E-state index is -0.257. The first-order valence-corrected chi connectivity index (χ1v) is 6.85. The van der Waals surface area contributed by atoms with Gasteiger partial charge in [0, 0.05) is 0 Å². The van der Waals surface area contributed by atoms with Crippen LogP contribution in [0.2, 0.25) is 0 Å². The summed E-state index contributed by atoms with van der Waals surface area (Å²) in [6.45, 7) is 0. The Balaban J connectivity index is 2.17. The molecule has 0 heterocycles. The van der Waals surface area contributed by atoms with Gasteiger partial charge in [0.15, 0.2) is 0 Å². The molecule has 1 saturated carbocycles. The number of nitrogens with one attached hydrogen (secondary N) is 1. The summed E-state index contributed by atoms with van der Waals surface area (Å²) in [4.78, 5) is 11.5. The molecule has 0 aromatic heterocycles. The molecular formula is C14H17ClFNO. The van der Waals surface area contributed by atoms with Gasteiger partial charge in [-0.05, 0) is 36.5 Å². The van der Waals surface area contributed by atoms with Gasteiger partial charge in [-0.1, -0.05) is 25.0 Å². The van der Waals surface area contributed by atoms with E-state index in [0.717, 1.165) is 18.4 Å². The highest BCUT2D eigenvalue weighted by atomic mass is 35.5. The highest BCUT2D eigenvalue weighted by Gasteiger charge is 2.27. The molecule has 1 fully saturated rings. The average Bonchev–Trinajstić information content (AvgIpc) is 2.90. The van der Waals surface area contributed by atoms with Gasteiger partial charge in [-0.15, -0.1) is 11.6 Å². The zero-order valence-electron chi connectivity index (χ0n) is 10.2. The largest absolute Gasteiger partial charge is 0.348 e. The second-order valence-electron chi connectivity index (χ2n) is 4.77. The van der Waals surface area contributed by atoms with Gasteiger partial charge in [-0.2, -0.15) is 0 Å². The Morgan fingerprint density at radius 1 is 1.33 bits per heavy atom. The Morgan fingerprint density at radius 3 is 2.50 bits per heavy atom. The SMILES string of the molecule is O=C(CCl)N[C@@H](c1ccc(F)cc1)C1CCCC1. The van der Waals surface area contributed by atoms with Crippen LogP contribution in [0.5, 0.6) is 0 Å². The van der Waals surface area contributed by atoms with Gasteiger partial charge < -0.3 is 5.32 Å². The third kappa shape index (κ3) is 3.22. The standard InChI is InChI=1S/C14H17ClFNO/c15-9-13(18)17-14(10-3-1-2-4-10)11-5-7-12(16)8-6-11/h5-8,10,14H,1-4,9H2,(H,17,18)/t14-/m1/s1. The van der Waals surface area contributed by atoms with Crippen molar-refractivity contribution in [2.45, 2.75) is 31.7 Å². The van der Waals surface area contributed by atoms with Crippen LogP contribution in [0.15, 0.2) is 24.3 Å². The molecule has 0 bridgehead atoms. The maximum atomic E-state index is 12.9. The van der Waals surface area contributed by atoms with Crippen molar-refractivity contribution in [1.82, 2.24) is 5.32 Å². The monoisotopic (exact) mass is 269 g/mol. The molecule has 0 unspecified atom stereocenters. The van der Waals surface area contributed by atoms with E-state index in [0.29, 0.717) is 5.92 Å². The first-order chi connectivity index (χ1) is 8.70. The van der Waals surface area contributed by atoms with E-state index >= 15 is 0 Å². The number of halogens is 2. The summed E-state index contributed by atoms with van der Waals surface area (Å²) in [5.74, 6) is -0.0298. The molecule has 1 aromatic carbocycles. The van der Waals surface area contributed by atoms with E-state index in [9.17, 15) is 9.18 Å². The molecule has 2 rings (SSSR count). The number of carbonyl (C=O) groups excluding carboxylic acids is 1. The number of hydrogen-bond acceptors (Lipinski definition) is 1. The van der Waals surface area contributed by atoms with E-state index in [4.69, 9.17) is 11.6 Å². The molecule has 98 valence electrons. The number of rotatable bonds is 4. The predicted octanol–water partition coefficient (Wildman–Crippen LogP) is 3.41. The van der Waals surface area contributed by atoms with Crippen LogP contribution in [0.4, 0.5) is 4.39 Å². The Hall–Kier alpha value is -1.09. The number of amides is 1. The molecule has 1 aliphatic carbocycles. The van der Waals surface area contributed by atoms with Gasteiger partial charge in [0.2, 0.25) is 5.91 Å². The number of hydrogen-bond donors (Lipinski definition) is 1. The van der Waals surface area contributed by atoms with Crippen molar-refractivity contribution in [3.63, 3.8) is 0 Å². The van der Waals surface area contributed by atoms with E-state index in [1.807, 2.05) is 0 Å². The normalized spacial score (nSPS) is 17.7. The lowest BCUT2D eigenvalue weighted by molar-refractivity contribution is -0.119. The summed E-state index contributed by atoms with van der Waals surface area (Å²) in [6, 6.07) is 6.31. The molecule has 0 saturated heterocycles. The summed E-state index contributed by atoms with van der Waals surface area (Å²) in [5, 5.41) is 2.95. The summed E-state index contributed by atoms with van der Waals surface area (Å²) < 4.78 is 12.9. The van der Waals surface area contributed by atoms with Crippen LogP contribution >= 0.6 is 11.6 Å². The van der Waals surface area contributed by atoms with Crippen LogP contribution in [0.1, 0.15) is 37.3 Å². The lowest BCUT2D eigenvalue weighted by Gasteiger charge is -2.25. The van der Waals surface area contributed by atoms with Crippen molar-refractivity contribution in [2.75, 3.05) is 5.88 Å². The first kappa shape index (κ1) is 13.3. The average molecular weight is 270 g/mol. The summed E-state index contributed by atoms with van der Waals surface area (Å²) in [5.41, 5.74) is 0.960. The van der Waals surface area contributed by atoms with E-state index in [1.165, 1.54) is 25.0 Å². The Labute approximate surface area is 112 Å². The van der Waals surface area contributed by atoms with Crippen LogP contribution in [0.25, 0.3) is 0 Å². The third-order valence-electron chi connectivity index (χ3n) is 3.54. The first-order valence-electron chi connectivity index (χ1n) is 6.31. The van der Waals surface area contributed by atoms with Gasteiger partial charge in [-0.3, -0.25) is 4.79 Å². The summed E-state index contributed by atoms with van der Waals surface area (Å²) in [6.07, 6.45) is 4.59. The molecule has 4 heteroatoms. The van der Waals surface area contributed by atoms with Crippen molar-refractivity contribution < 1.29 is 9.18 Å². The van der Waals surface area contributed by atoms with E-state index in [2.05, 4.69) is 5.32 Å². The van der Waals surface area contributed by atoms with Crippen LogP contribution in [-0.2, 0) is 4.79 Å². The fraction of sp³-hybridized carbons (Fsp3) is 0.500. The predicted molar refractivity (Wildman–Crippen MR) is 70.0 cm³/mol. The molecule has 1 N–H and O–H groups in total. The molecule has 18 heavy (non-hydrogen) atoms. The molecule has 1 aliphatic rings. The van der Waals surface area contributed by atoms with Crippen molar-refractivity contribution in [3.05, 3.63) is 35.6 Å². The summed E-state index contributed by atoms with van der Waals surface area (Å²) >= 11 is 5.54. The number of carbonyl (C=O) groups is 1. The molecule has 1 amide bonds. The molecule has 0 spiro atoms. The molecule has 1 aromatic rings. The van der Waals surface area contributed by atoms with Crippen LogP contribution in [0.3, 0.4) is 0 Å². The number of alkyl halides is 1. The van der Waals surface area contributed by atoms with E-state index < -0.39 is 0 Å². The zero-order chi connectivity index (χ0) is 13.0. The van der Waals surface area contributed by atoms with Crippen molar-refractivity contribution >= 4 is 17.5 Å². The Kier molecular flexibility index (Phi) is 4.59. The highest BCUT2D eigenvalue weighted by molar-refractivity contribution is 6.27. The minimum Gasteiger partial charge on any atom is -0.348 e. The Morgan fingerprint density at radius 2 is 1.94 bits per heavy atom. The molecule has 1 atom stereocenters. The maximum Gasteiger partial charge on any atom is 0.235 e. The van der Waals surface area contributed by atoms with Crippen molar-refractivity contribution in [2.24, 2.45) is 5.92 Å². The minimum absolute atomic E-state index is 0.0373. The van der Waals surface area contributed by atoms with Crippen molar-refractivity contribution in [1.29, 1.82) is 0 Å². The molecular weight excluding hydrogens is 253 g/mol. The highest BCUT2D eigenvalue weighted by Crippen LogP contribution is 2.35. The smallest absolute Gasteiger partial charge is 0.235 e. The van der Waals surface area contributed by atoms with E-state index in [-0.39, 0.29) is 23.6 Å². The van der Waals surface area contributed by atoms with Gasteiger partial charge in [0.25, 0.3) is 0 Å². The third-order valence-corrected chi connectivity index (χ3v) is 3.78.